The van der Waals surface area contributed by atoms with Crippen molar-refractivity contribution in [3.05, 3.63) is 63.9 Å². The van der Waals surface area contributed by atoms with Crippen LogP contribution in [0.4, 0.5) is 4.79 Å². The number of benzene rings is 1. The van der Waals surface area contributed by atoms with Crippen LogP contribution in [0.5, 0.6) is 0 Å². The van der Waals surface area contributed by atoms with E-state index >= 15 is 0 Å². The van der Waals surface area contributed by atoms with Crippen molar-refractivity contribution in [3.8, 4) is 0 Å². The number of carboxylic acid groups (broad SMARTS) is 1. The number of hydrogen-bond acceptors (Lipinski definition) is 4. The minimum Gasteiger partial charge on any atom is -0.481 e. The number of nitrogens with zero attached hydrogens (tertiary/aromatic N) is 1. The molecule has 6 nitrogen and oxygen atoms in total. The number of rotatable bonds is 5. The van der Waals surface area contributed by atoms with Gasteiger partial charge < -0.3 is 15.2 Å². The number of carbonyl (C=O) groups excluding carboxylic acids is 1. The molecule has 28 heavy (non-hydrogen) atoms. The Balaban J connectivity index is 2.56. The molecule has 8 heteroatoms. The summed E-state index contributed by atoms with van der Waals surface area (Å²) in [5, 5.41) is 13.5. The molecule has 2 atom stereocenters. The lowest BCUT2D eigenvalue weighted by atomic mass is 9.73. The number of nitrogens with one attached hydrogen (secondary N) is 1. The van der Waals surface area contributed by atoms with Gasteiger partial charge in [-0.05, 0) is 57.0 Å². The van der Waals surface area contributed by atoms with Crippen molar-refractivity contribution in [1.82, 2.24) is 10.3 Å². The predicted octanol–water partition coefficient (Wildman–Crippen LogP) is 5.00. The highest BCUT2D eigenvalue weighted by Crippen LogP contribution is 2.38. The van der Waals surface area contributed by atoms with E-state index in [-0.39, 0.29) is 5.15 Å². The van der Waals surface area contributed by atoms with Crippen LogP contribution in [0.1, 0.15) is 44.9 Å². The number of carboxylic acids is 1. The molecular formula is C20H22Cl2N2O4. The van der Waals surface area contributed by atoms with E-state index in [1.165, 1.54) is 19.2 Å². The lowest BCUT2D eigenvalue weighted by Crippen LogP contribution is -2.48. The lowest BCUT2D eigenvalue weighted by Gasteiger charge is -2.35. The third-order valence-electron chi connectivity index (χ3n) is 4.21. The molecule has 0 saturated heterocycles. The van der Waals surface area contributed by atoms with Crippen LogP contribution in [0, 0.1) is 0 Å². The molecule has 0 spiro atoms. The van der Waals surface area contributed by atoms with Crippen molar-refractivity contribution in [3.63, 3.8) is 0 Å². The molecule has 1 aromatic heterocycles. The number of aromatic nitrogens is 1. The van der Waals surface area contributed by atoms with E-state index in [9.17, 15) is 14.7 Å². The number of ether oxygens (including phenoxy) is 1. The van der Waals surface area contributed by atoms with Gasteiger partial charge in [-0.15, -0.1) is 0 Å². The molecule has 0 radical (unpaired) electrons. The van der Waals surface area contributed by atoms with Gasteiger partial charge in [0.1, 0.15) is 16.2 Å². The van der Waals surface area contributed by atoms with Crippen LogP contribution in [0.25, 0.3) is 0 Å². The molecule has 2 aromatic rings. The molecule has 1 amide bonds. The molecule has 150 valence electrons. The molecular weight excluding hydrogens is 403 g/mol. The minimum absolute atomic E-state index is 0.253. The van der Waals surface area contributed by atoms with E-state index in [0.717, 1.165) is 0 Å². The van der Waals surface area contributed by atoms with Gasteiger partial charge in [-0.3, -0.25) is 4.79 Å². The summed E-state index contributed by atoms with van der Waals surface area (Å²) in [5.41, 5.74) is -1.35. The average molecular weight is 425 g/mol. The molecule has 0 saturated carbocycles. The first-order valence-corrected chi connectivity index (χ1v) is 9.29. The topological polar surface area (TPSA) is 88.5 Å². The van der Waals surface area contributed by atoms with Crippen LogP contribution in [-0.2, 0) is 14.9 Å². The van der Waals surface area contributed by atoms with Gasteiger partial charge in [0.05, 0.1) is 6.04 Å². The molecule has 2 rings (SSSR count). The molecule has 0 fully saturated rings. The summed E-state index contributed by atoms with van der Waals surface area (Å²) in [6.45, 7) is 6.69. The van der Waals surface area contributed by atoms with E-state index in [1.807, 2.05) is 0 Å². The summed E-state index contributed by atoms with van der Waals surface area (Å²) >= 11 is 11.8. The molecule has 1 aromatic carbocycles. The Morgan fingerprint density at radius 1 is 1.07 bits per heavy atom. The zero-order chi connectivity index (χ0) is 21.1. The maximum absolute atomic E-state index is 12.5. The van der Waals surface area contributed by atoms with Crippen molar-refractivity contribution in [2.45, 2.75) is 44.8 Å². The Morgan fingerprint density at radius 2 is 1.68 bits per heavy atom. The number of hydrogen-bond donors (Lipinski definition) is 2. The maximum atomic E-state index is 12.5. The number of carbonyl (C=O) groups is 2. The van der Waals surface area contributed by atoms with E-state index in [1.54, 1.807) is 51.1 Å². The van der Waals surface area contributed by atoms with E-state index in [0.29, 0.717) is 16.1 Å². The highest BCUT2D eigenvalue weighted by molar-refractivity contribution is 6.30. The quantitative estimate of drug-likeness (QED) is 0.659. The monoisotopic (exact) mass is 424 g/mol. The number of pyridine rings is 1. The number of aliphatic carboxylic acids is 1. The van der Waals surface area contributed by atoms with Crippen LogP contribution in [-0.4, -0.2) is 27.8 Å². The fourth-order valence-corrected chi connectivity index (χ4v) is 2.99. The van der Waals surface area contributed by atoms with Gasteiger partial charge in [-0.25, -0.2) is 9.78 Å². The third kappa shape index (κ3) is 5.14. The van der Waals surface area contributed by atoms with Crippen LogP contribution in [0.3, 0.4) is 0 Å². The molecule has 0 aliphatic carbocycles. The molecule has 2 N–H and O–H groups in total. The van der Waals surface area contributed by atoms with Gasteiger partial charge in [0.15, 0.2) is 0 Å². The van der Waals surface area contributed by atoms with Crippen molar-refractivity contribution < 1.29 is 19.4 Å². The van der Waals surface area contributed by atoms with Crippen LogP contribution < -0.4 is 5.32 Å². The Hall–Kier alpha value is -2.31. The second-order valence-electron chi connectivity index (χ2n) is 7.51. The first-order valence-electron chi connectivity index (χ1n) is 8.54. The summed E-state index contributed by atoms with van der Waals surface area (Å²) in [7, 11) is 0. The molecule has 0 bridgehead atoms. The van der Waals surface area contributed by atoms with Gasteiger partial charge in [-0.2, -0.15) is 0 Å². The average Bonchev–Trinajstić information content (AvgIpc) is 2.59. The second kappa shape index (κ2) is 8.37. The summed E-state index contributed by atoms with van der Waals surface area (Å²) in [6.07, 6.45) is 0.690. The first kappa shape index (κ1) is 22.0. The zero-order valence-electron chi connectivity index (χ0n) is 16.0. The Labute approximate surface area is 173 Å². The zero-order valence-corrected chi connectivity index (χ0v) is 17.5. The molecule has 2 unspecified atom stereocenters. The molecule has 0 aliphatic rings. The smallest absolute Gasteiger partial charge is 0.408 e. The van der Waals surface area contributed by atoms with Crippen molar-refractivity contribution in [2.75, 3.05) is 0 Å². The Kier molecular flexibility index (Phi) is 6.57. The maximum Gasteiger partial charge on any atom is 0.408 e. The van der Waals surface area contributed by atoms with Crippen molar-refractivity contribution >= 4 is 35.3 Å². The fraction of sp³-hybridized carbons (Fsp3) is 0.350. The second-order valence-corrected chi connectivity index (χ2v) is 8.33. The van der Waals surface area contributed by atoms with Crippen molar-refractivity contribution in [2.24, 2.45) is 0 Å². The van der Waals surface area contributed by atoms with Gasteiger partial charge in [0.25, 0.3) is 0 Å². The van der Waals surface area contributed by atoms with Crippen LogP contribution in [0.2, 0.25) is 10.2 Å². The Bertz CT molecular complexity index is 848. The molecule has 0 aliphatic heterocycles. The highest BCUT2D eigenvalue weighted by Gasteiger charge is 2.45. The number of halogens is 2. The summed E-state index contributed by atoms with van der Waals surface area (Å²) < 4.78 is 5.33. The largest absolute Gasteiger partial charge is 0.481 e. The SMILES string of the molecule is CC(C)(C)OC(=O)NC(c1ccc(Cl)nc1)C(C)(C(=O)O)c1ccc(Cl)cc1. The normalized spacial score (nSPS) is 14.6. The van der Waals surface area contributed by atoms with Gasteiger partial charge >= 0.3 is 12.1 Å². The number of alkyl carbamates (subject to hydrolysis) is 1. The van der Waals surface area contributed by atoms with Gasteiger partial charge in [0, 0.05) is 11.2 Å². The summed E-state index contributed by atoms with van der Waals surface area (Å²) in [6, 6.07) is 8.60. The van der Waals surface area contributed by atoms with E-state index in [2.05, 4.69) is 10.3 Å². The highest BCUT2D eigenvalue weighted by atomic mass is 35.5. The van der Waals surface area contributed by atoms with Gasteiger partial charge in [0.2, 0.25) is 0 Å². The third-order valence-corrected chi connectivity index (χ3v) is 4.69. The summed E-state index contributed by atoms with van der Waals surface area (Å²) in [5.74, 6) is -1.13. The Morgan fingerprint density at radius 3 is 2.14 bits per heavy atom. The summed E-state index contributed by atoms with van der Waals surface area (Å²) in [4.78, 5) is 28.9. The first-order chi connectivity index (χ1) is 12.9. The van der Waals surface area contributed by atoms with E-state index < -0.39 is 29.1 Å². The van der Waals surface area contributed by atoms with Crippen LogP contribution >= 0.6 is 23.2 Å². The molecule has 1 heterocycles. The van der Waals surface area contributed by atoms with E-state index in [4.69, 9.17) is 27.9 Å². The fourth-order valence-electron chi connectivity index (χ4n) is 2.75. The standard InChI is InChI=1S/C20H22Cl2N2O4/c1-19(2,3)28-18(27)24-16(12-5-10-15(22)23-11-12)20(4,17(25)26)13-6-8-14(21)9-7-13/h5-11,16H,1-4H3,(H,24,27)(H,25,26). The predicted molar refractivity (Wildman–Crippen MR) is 108 cm³/mol. The van der Waals surface area contributed by atoms with Crippen molar-refractivity contribution in [1.29, 1.82) is 0 Å². The number of amides is 1. The minimum atomic E-state index is -1.53. The van der Waals surface area contributed by atoms with Crippen LogP contribution in [0.15, 0.2) is 42.6 Å². The van der Waals surface area contributed by atoms with Gasteiger partial charge in [-0.1, -0.05) is 41.4 Å². The lowest BCUT2D eigenvalue weighted by molar-refractivity contribution is -0.144.